The molecule has 0 atom stereocenters. The number of halogens is 1. The van der Waals surface area contributed by atoms with Crippen LogP contribution in [0.15, 0.2) is 42.5 Å². The fraction of sp³-hybridized carbons (Fsp3) is 0.176. The molecule has 0 spiro atoms. The first-order valence-corrected chi connectivity index (χ1v) is 7.63. The van der Waals surface area contributed by atoms with Crippen molar-refractivity contribution in [1.29, 1.82) is 0 Å². The van der Waals surface area contributed by atoms with E-state index in [1.54, 1.807) is 25.3 Å². The van der Waals surface area contributed by atoms with Crippen LogP contribution in [0.25, 0.3) is 0 Å². The van der Waals surface area contributed by atoms with Crippen LogP contribution in [0.2, 0.25) is 0 Å². The smallest absolute Gasteiger partial charge is 0.243 e. The molecule has 0 aliphatic carbocycles. The second-order valence-corrected chi connectivity index (χ2v) is 5.47. The maximum atomic E-state index is 12.8. The number of carbonyl (C=O) groups is 1. The number of carbonyl (C=O) groups excluding carboxylic acids is 1. The number of hydrogen-bond donors (Lipinski definition) is 3. The van der Waals surface area contributed by atoms with Crippen molar-refractivity contribution < 1.29 is 13.9 Å². The molecule has 0 aliphatic heterocycles. The number of rotatable bonds is 5. The minimum atomic E-state index is -0.328. The van der Waals surface area contributed by atoms with Crippen LogP contribution in [0.3, 0.4) is 0 Å². The van der Waals surface area contributed by atoms with Crippen molar-refractivity contribution in [3.8, 4) is 5.75 Å². The summed E-state index contributed by atoms with van der Waals surface area (Å²) < 4.78 is 18.0. The van der Waals surface area contributed by atoms with E-state index in [0.29, 0.717) is 17.1 Å². The molecule has 5 nitrogen and oxygen atoms in total. The zero-order chi connectivity index (χ0) is 17.5. The van der Waals surface area contributed by atoms with Crippen LogP contribution in [0, 0.1) is 12.7 Å². The Bertz CT molecular complexity index is 735. The Kier molecular flexibility index (Phi) is 6.08. The Labute approximate surface area is 145 Å². The van der Waals surface area contributed by atoms with Crippen molar-refractivity contribution in [3.05, 3.63) is 53.8 Å². The highest BCUT2D eigenvalue weighted by Gasteiger charge is 2.08. The molecule has 0 aliphatic rings. The zero-order valence-corrected chi connectivity index (χ0v) is 14.2. The fourth-order valence-corrected chi connectivity index (χ4v) is 2.17. The lowest BCUT2D eigenvalue weighted by Crippen LogP contribution is -2.35. The van der Waals surface area contributed by atoms with Crippen molar-refractivity contribution in [2.75, 3.05) is 24.3 Å². The molecule has 126 valence electrons. The van der Waals surface area contributed by atoms with Crippen LogP contribution in [-0.2, 0) is 4.79 Å². The molecule has 0 heterocycles. The minimum absolute atomic E-state index is 0.00980. The van der Waals surface area contributed by atoms with Gasteiger partial charge in [0.1, 0.15) is 11.6 Å². The summed E-state index contributed by atoms with van der Waals surface area (Å²) >= 11 is 5.10. The van der Waals surface area contributed by atoms with Crippen molar-refractivity contribution in [1.82, 2.24) is 5.32 Å². The average Bonchev–Trinajstić information content (AvgIpc) is 2.55. The van der Waals surface area contributed by atoms with Gasteiger partial charge in [-0.3, -0.25) is 4.79 Å². The summed E-state index contributed by atoms with van der Waals surface area (Å²) in [6.07, 6.45) is 0. The SMILES string of the molecule is COc1ccc(C)cc1NC(=O)CNC(=S)Nc1ccc(F)cc1. The quantitative estimate of drug-likeness (QED) is 0.726. The Morgan fingerprint density at radius 3 is 2.54 bits per heavy atom. The summed E-state index contributed by atoms with van der Waals surface area (Å²) in [4.78, 5) is 12.0. The average molecular weight is 347 g/mol. The van der Waals surface area contributed by atoms with Crippen LogP contribution < -0.4 is 20.7 Å². The van der Waals surface area contributed by atoms with E-state index in [0.717, 1.165) is 5.56 Å². The first kappa shape index (κ1) is 17.7. The van der Waals surface area contributed by atoms with E-state index >= 15 is 0 Å². The summed E-state index contributed by atoms with van der Waals surface area (Å²) in [7, 11) is 1.54. The Morgan fingerprint density at radius 2 is 1.88 bits per heavy atom. The third-order valence-corrected chi connectivity index (χ3v) is 3.39. The number of thiocarbonyl (C=S) groups is 1. The molecule has 0 saturated carbocycles. The van der Waals surface area contributed by atoms with Gasteiger partial charge in [-0.25, -0.2) is 4.39 Å². The number of amides is 1. The van der Waals surface area contributed by atoms with E-state index in [1.807, 2.05) is 19.1 Å². The number of benzene rings is 2. The lowest BCUT2D eigenvalue weighted by atomic mass is 10.2. The molecule has 0 saturated heterocycles. The number of ether oxygens (including phenoxy) is 1. The molecule has 3 N–H and O–H groups in total. The van der Waals surface area contributed by atoms with Crippen molar-refractivity contribution in [2.45, 2.75) is 6.92 Å². The Hall–Kier alpha value is -2.67. The van der Waals surface area contributed by atoms with E-state index in [9.17, 15) is 9.18 Å². The highest BCUT2D eigenvalue weighted by atomic mass is 32.1. The third-order valence-electron chi connectivity index (χ3n) is 3.14. The Balaban J connectivity index is 1.85. The summed E-state index contributed by atoms with van der Waals surface area (Å²) in [5, 5.41) is 8.70. The second-order valence-electron chi connectivity index (χ2n) is 5.07. The standard InChI is InChI=1S/C17H18FN3O2S/c1-11-3-8-15(23-2)14(9-11)21-16(22)10-19-17(24)20-13-6-4-12(18)5-7-13/h3-9H,10H2,1-2H3,(H,21,22)(H2,19,20,24). The molecular weight excluding hydrogens is 329 g/mol. The zero-order valence-electron chi connectivity index (χ0n) is 13.4. The third kappa shape index (κ3) is 5.20. The van der Waals surface area contributed by atoms with Gasteiger partial charge < -0.3 is 20.7 Å². The van der Waals surface area contributed by atoms with E-state index in [-0.39, 0.29) is 23.4 Å². The van der Waals surface area contributed by atoms with Gasteiger partial charge in [-0.1, -0.05) is 6.07 Å². The van der Waals surface area contributed by atoms with Gasteiger partial charge in [0.05, 0.1) is 19.3 Å². The van der Waals surface area contributed by atoms with Gasteiger partial charge in [-0.15, -0.1) is 0 Å². The molecule has 1 amide bonds. The summed E-state index contributed by atoms with van der Waals surface area (Å²) in [5.41, 5.74) is 2.24. The maximum Gasteiger partial charge on any atom is 0.243 e. The van der Waals surface area contributed by atoms with Gasteiger partial charge in [0, 0.05) is 5.69 Å². The van der Waals surface area contributed by atoms with Gasteiger partial charge in [-0.05, 0) is 61.1 Å². The van der Waals surface area contributed by atoms with Crippen LogP contribution >= 0.6 is 12.2 Å². The molecule has 2 aromatic rings. The molecule has 24 heavy (non-hydrogen) atoms. The summed E-state index contributed by atoms with van der Waals surface area (Å²) in [6.45, 7) is 1.92. The second kappa shape index (κ2) is 8.26. The van der Waals surface area contributed by atoms with Gasteiger partial charge in [-0.2, -0.15) is 0 Å². The topological polar surface area (TPSA) is 62.4 Å². The highest BCUT2D eigenvalue weighted by Crippen LogP contribution is 2.24. The molecule has 2 aromatic carbocycles. The largest absolute Gasteiger partial charge is 0.495 e. The lowest BCUT2D eigenvalue weighted by molar-refractivity contribution is -0.115. The molecule has 7 heteroatoms. The number of anilines is 2. The summed E-state index contributed by atoms with van der Waals surface area (Å²) in [6, 6.07) is 11.3. The fourth-order valence-electron chi connectivity index (χ4n) is 1.98. The van der Waals surface area contributed by atoms with Crippen LogP contribution in [0.5, 0.6) is 5.75 Å². The first-order valence-electron chi connectivity index (χ1n) is 7.23. The van der Waals surface area contributed by atoms with Crippen molar-refractivity contribution in [3.63, 3.8) is 0 Å². The predicted molar refractivity (Wildman–Crippen MR) is 97.0 cm³/mol. The van der Waals surface area contributed by atoms with Gasteiger partial charge in [0.2, 0.25) is 5.91 Å². The Morgan fingerprint density at radius 1 is 1.17 bits per heavy atom. The van der Waals surface area contributed by atoms with Crippen molar-refractivity contribution in [2.24, 2.45) is 0 Å². The van der Waals surface area contributed by atoms with E-state index < -0.39 is 0 Å². The number of hydrogen-bond acceptors (Lipinski definition) is 3. The normalized spacial score (nSPS) is 9.96. The van der Waals surface area contributed by atoms with Gasteiger partial charge in [0.25, 0.3) is 0 Å². The van der Waals surface area contributed by atoms with E-state index in [2.05, 4.69) is 16.0 Å². The minimum Gasteiger partial charge on any atom is -0.495 e. The lowest BCUT2D eigenvalue weighted by Gasteiger charge is -2.13. The summed E-state index contributed by atoms with van der Waals surface area (Å²) in [5.74, 6) is -0.00553. The first-order chi connectivity index (χ1) is 11.5. The van der Waals surface area contributed by atoms with Crippen LogP contribution in [-0.4, -0.2) is 24.7 Å². The predicted octanol–water partition coefficient (Wildman–Crippen LogP) is 3.07. The molecule has 2 rings (SSSR count). The number of methoxy groups -OCH3 is 1. The van der Waals surface area contributed by atoms with Crippen LogP contribution in [0.1, 0.15) is 5.56 Å². The van der Waals surface area contributed by atoms with E-state index in [4.69, 9.17) is 17.0 Å². The number of aryl methyl sites for hydroxylation is 1. The number of nitrogens with one attached hydrogen (secondary N) is 3. The molecular formula is C17H18FN3O2S. The van der Waals surface area contributed by atoms with Crippen molar-refractivity contribution >= 4 is 34.6 Å². The maximum absolute atomic E-state index is 12.8. The molecule has 0 unspecified atom stereocenters. The van der Waals surface area contributed by atoms with Crippen LogP contribution in [0.4, 0.5) is 15.8 Å². The van der Waals surface area contributed by atoms with E-state index in [1.165, 1.54) is 12.1 Å². The molecule has 0 aromatic heterocycles. The highest BCUT2D eigenvalue weighted by molar-refractivity contribution is 7.80. The molecule has 0 bridgehead atoms. The van der Waals surface area contributed by atoms with Gasteiger partial charge in [0.15, 0.2) is 5.11 Å². The molecule has 0 fully saturated rings. The molecule has 0 radical (unpaired) electrons. The monoisotopic (exact) mass is 347 g/mol. The van der Waals surface area contributed by atoms with Gasteiger partial charge >= 0.3 is 0 Å².